The van der Waals surface area contributed by atoms with Crippen molar-refractivity contribution in [2.24, 2.45) is 0 Å². The lowest BCUT2D eigenvalue weighted by Gasteiger charge is -2.17. The average molecular weight is 405 g/mol. The summed E-state index contributed by atoms with van der Waals surface area (Å²) in [6.07, 6.45) is 3.75. The van der Waals surface area contributed by atoms with Crippen LogP contribution in [-0.2, 0) is 17.6 Å². The van der Waals surface area contributed by atoms with Crippen LogP contribution in [0.4, 0.5) is 0 Å². The Labute approximate surface area is 179 Å². The summed E-state index contributed by atoms with van der Waals surface area (Å²) in [6, 6.07) is 14.4. The lowest BCUT2D eigenvalue weighted by atomic mass is 10.0. The predicted octanol–water partition coefficient (Wildman–Crippen LogP) is 4.64. The molecule has 0 fully saturated rings. The fourth-order valence-corrected chi connectivity index (χ4v) is 3.66. The summed E-state index contributed by atoms with van der Waals surface area (Å²) < 4.78 is 1.99. The summed E-state index contributed by atoms with van der Waals surface area (Å²) in [6.45, 7) is 9.18. The van der Waals surface area contributed by atoms with Crippen molar-refractivity contribution >= 4 is 5.91 Å². The van der Waals surface area contributed by atoms with E-state index < -0.39 is 0 Å². The van der Waals surface area contributed by atoms with Gasteiger partial charge in [-0.2, -0.15) is 5.10 Å². The number of carbonyl (C=O) groups is 1. The quantitative estimate of drug-likeness (QED) is 0.549. The Bertz CT molecular complexity index is 974. The highest BCUT2D eigenvalue weighted by atomic mass is 16.2. The summed E-state index contributed by atoms with van der Waals surface area (Å²) in [5.41, 5.74) is 6.64. The highest BCUT2D eigenvalue weighted by molar-refractivity contribution is 5.76. The van der Waals surface area contributed by atoms with Gasteiger partial charge in [-0.05, 0) is 61.6 Å². The lowest BCUT2D eigenvalue weighted by Crippen LogP contribution is -2.29. The van der Waals surface area contributed by atoms with Gasteiger partial charge in [0.1, 0.15) is 0 Å². The minimum Gasteiger partial charge on any atom is -0.345 e. The number of rotatable bonds is 8. The number of pyridine rings is 1. The van der Waals surface area contributed by atoms with E-state index in [0.29, 0.717) is 25.3 Å². The highest BCUT2D eigenvalue weighted by Crippen LogP contribution is 2.22. The second-order valence-electron chi connectivity index (χ2n) is 8.19. The van der Waals surface area contributed by atoms with Crippen molar-refractivity contribution in [2.45, 2.75) is 52.9 Å². The summed E-state index contributed by atoms with van der Waals surface area (Å²) in [5, 5.41) is 4.74. The maximum atomic E-state index is 12.6. The molecule has 3 rings (SSSR count). The molecule has 158 valence electrons. The molecular weight excluding hydrogens is 372 g/mol. The van der Waals surface area contributed by atoms with E-state index in [0.717, 1.165) is 34.8 Å². The first-order chi connectivity index (χ1) is 14.4. The van der Waals surface area contributed by atoms with Gasteiger partial charge in [0.15, 0.2) is 0 Å². The van der Waals surface area contributed by atoms with E-state index in [-0.39, 0.29) is 5.91 Å². The molecule has 0 spiro atoms. The number of aromatic nitrogens is 3. The SMILES string of the molecule is Cc1nn(-c2ccc(C(C)C)cc2)c(C)c1CCC(=O)N(C)CCc1ccccn1. The minimum absolute atomic E-state index is 0.152. The monoisotopic (exact) mass is 404 g/mol. The van der Waals surface area contributed by atoms with E-state index in [2.05, 4.69) is 50.0 Å². The smallest absolute Gasteiger partial charge is 0.222 e. The third-order valence-corrected chi connectivity index (χ3v) is 5.69. The zero-order chi connectivity index (χ0) is 21.7. The van der Waals surface area contributed by atoms with Crippen LogP contribution in [0, 0.1) is 13.8 Å². The van der Waals surface area contributed by atoms with E-state index in [1.807, 2.05) is 36.9 Å². The molecule has 2 aromatic heterocycles. The molecule has 5 nitrogen and oxygen atoms in total. The summed E-state index contributed by atoms with van der Waals surface area (Å²) in [4.78, 5) is 18.7. The fourth-order valence-electron chi connectivity index (χ4n) is 3.66. The second-order valence-corrected chi connectivity index (χ2v) is 8.19. The Balaban J connectivity index is 1.62. The van der Waals surface area contributed by atoms with Crippen molar-refractivity contribution < 1.29 is 4.79 Å². The van der Waals surface area contributed by atoms with Gasteiger partial charge in [0, 0.05) is 44.0 Å². The van der Waals surface area contributed by atoms with Crippen LogP contribution in [0.3, 0.4) is 0 Å². The van der Waals surface area contributed by atoms with Gasteiger partial charge in [0.05, 0.1) is 11.4 Å². The third-order valence-electron chi connectivity index (χ3n) is 5.69. The maximum Gasteiger partial charge on any atom is 0.222 e. The first-order valence-electron chi connectivity index (χ1n) is 10.7. The van der Waals surface area contributed by atoms with Crippen LogP contribution in [0.5, 0.6) is 0 Å². The Morgan fingerprint density at radius 2 is 1.80 bits per heavy atom. The molecule has 0 unspecified atom stereocenters. The zero-order valence-corrected chi connectivity index (χ0v) is 18.7. The average Bonchev–Trinajstić information content (AvgIpc) is 3.04. The van der Waals surface area contributed by atoms with E-state index in [4.69, 9.17) is 5.10 Å². The Hall–Kier alpha value is -2.95. The van der Waals surface area contributed by atoms with Gasteiger partial charge in [-0.25, -0.2) is 4.68 Å². The molecule has 1 aromatic carbocycles. The molecule has 30 heavy (non-hydrogen) atoms. The molecule has 0 atom stereocenters. The van der Waals surface area contributed by atoms with Crippen molar-refractivity contribution in [3.8, 4) is 5.69 Å². The summed E-state index contributed by atoms with van der Waals surface area (Å²) >= 11 is 0. The molecule has 0 saturated carbocycles. The van der Waals surface area contributed by atoms with Gasteiger partial charge >= 0.3 is 0 Å². The first-order valence-corrected chi connectivity index (χ1v) is 10.7. The first kappa shape index (κ1) is 21.8. The topological polar surface area (TPSA) is 51.0 Å². The number of benzene rings is 1. The molecule has 0 radical (unpaired) electrons. The minimum atomic E-state index is 0.152. The van der Waals surface area contributed by atoms with Crippen LogP contribution in [0.1, 0.15) is 54.4 Å². The van der Waals surface area contributed by atoms with Crippen molar-refractivity contribution in [3.05, 3.63) is 76.9 Å². The predicted molar refractivity (Wildman–Crippen MR) is 121 cm³/mol. The molecule has 0 aliphatic heterocycles. The van der Waals surface area contributed by atoms with Crippen molar-refractivity contribution in [2.75, 3.05) is 13.6 Å². The van der Waals surface area contributed by atoms with Gasteiger partial charge in [-0.1, -0.05) is 32.0 Å². The number of amides is 1. The van der Waals surface area contributed by atoms with Crippen LogP contribution in [-0.4, -0.2) is 39.2 Å². The molecule has 5 heteroatoms. The van der Waals surface area contributed by atoms with Crippen molar-refractivity contribution in [1.82, 2.24) is 19.7 Å². The fraction of sp³-hybridized carbons (Fsp3) is 0.400. The van der Waals surface area contributed by atoms with E-state index in [1.165, 1.54) is 5.56 Å². The van der Waals surface area contributed by atoms with Crippen molar-refractivity contribution in [3.63, 3.8) is 0 Å². The normalized spacial score (nSPS) is 11.1. The van der Waals surface area contributed by atoms with Crippen LogP contribution in [0.2, 0.25) is 0 Å². The molecular formula is C25H32N4O. The second kappa shape index (κ2) is 9.70. The molecule has 0 aliphatic rings. The van der Waals surface area contributed by atoms with Gasteiger partial charge in [0.25, 0.3) is 0 Å². The van der Waals surface area contributed by atoms with Gasteiger partial charge in [-0.15, -0.1) is 0 Å². The molecule has 2 heterocycles. The largest absolute Gasteiger partial charge is 0.345 e. The number of hydrogen-bond acceptors (Lipinski definition) is 3. The van der Waals surface area contributed by atoms with Crippen molar-refractivity contribution in [1.29, 1.82) is 0 Å². The van der Waals surface area contributed by atoms with Gasteiger partial charge < -0.3 is 4.90 Å². The van der Waals surface area contributed by atoms with E-state index >= 15 is 0 Å². The number of hydrogen-bond donors (Lipinski definition) is 0. The number of aryl methyl sites for hydroxylation is 1. The molecule has 0 bridgehead atoms. The van der Waals surface area contributed by atoms with Gasteiger partial charge in [0.2, 0.25) is 5.91 Å². The molecule has 0 N–H and O–H groups in total. The van der Waals surface area contributed by atoms with Gasteiger partial charge in [-0.3, -0.25) is 9.78 Å². The number of nitrogens with zero attached hydrogens (tertiary/aromatic N) is 4. The highest BCUT2D eigenvalue weighted by Gasteiger charge is 2.16. The molecule has 0 aliphatic carbocycles. The summed E-state index contributed by atoms with van der Waals surface area (Å²) in [5.74, 6) is 0.662. The zero-order valence-electron chi connectivity index (χ0n) is 18.7. The van der Waals surface area contributed by atoms with Crippen LogP contribution in [0.15, 0.2) is 48.7 Å². The lowest BCUT2D eigenvalue weighted by molar-refractivity contribution is -0.129. The Kier molecular flexibility index (Phi) is 7.03. The Morgan fingerprint density at radius 3 is 2.43 bits per heavy atom. The number of carbonyl (C=O) groups excluding carboxylic acids is 1. The third kappa shape index (κ3) is 5.15. The number of likely N-dealkylation sites (N-methyl/N-ethyl adjacent to an activating group) is 1. The standard InChI is InChI=1S/C25H32N4O/c1-18(2)21-9-11-23(12-10-21)29-20(4)24(19(3)27-29)13-14-25(30)28(5)17-15-22-8-6-7-16-26-22/h6-12,16,18H,13-15,17H2,1-5H3. The van der Waals surface area contributed by atoms with E-state index in [1.54, 1.807) is 11.1 Å². The van der Waals surface area contributed by atoms with Crippen LogP contribution in [0.25, 0.3) is 5.69 Å². The van der Waals surface area contributed by atoms with E-state index in [9.17, 15) is 4.79 Å². The molecule has 3 aromatic rings. The molecule has 0 saturated heterocycles. The Morgan fingerprint density at radius 1 is 1.07 bits per heavy atom. The van der Waals surface area contributed by atoms with Crippen LogP contribution >= 0.6 is 0 Å². The van der Waals surface area contributed by atoms with Crippen LogP contribution < -0.4 is 0 Å². The molecule has 1 amide bonds. The summed E-state index contributed by atoms with van der Waals surface area (Å²) in [7, 11) is 1.87. The maximum absolute atomic E-state index is 12.6.